The molecule has 2 rings (SSSR count). The van der Waals surface area contributed by atoms with E-state index < -0.39 is 11.5 Å². The predicted octanol–water partition coefficient (Wildman–Crippen LogP) is 0.309. The van der Waals surface area contributed by atoms with Crippen molar-refractivity contribution < 1.29 is 9.90 Å². The van der Waals surface area contributed by atoms with E-state index in [9.17, 15) is 9.59 Å². The number of hydrazone groups is 1. The lowest BCUT2D eigenvalue weighted by Crippen LogP contribution is -2.10. The molecule has 2 aromatic rings. The zero-order valence-electron chi connectivity index (χ0n) is 9.57. The van der Waals surface area contributed by atoms with Crippen molar-refractivity contribution in [1.29, 1.82) is 0 Å². The Morgan fingerprint density at radius 2 is 2.11 bits per heavy atom. The van der Waals surface area contributed by atoms with E-state index in [-0.39, 0.29) is 11.5 Å². The van der Waals surface area contributed by atoms with E-state index in [0.29, 0.717) is 5.56 Å². The summed E-state index contributed by atoms with van der Waals surface area (Å²) in [6.45, 7) is 0. The second-order valence-electron chi connectivity index (χ2n) is 3.48. The van der Waals surface area contributed by atoms with Gasteiger partial charge >= 0.3 is 5.97 Å². The molecular formula is C11H9N5O3. The van der Waals surface area contributed by atoms with Crippen LogP contribution in [-0.2, 0) is 0 Å². The van der Waals surface area contributed by atoms with Gasteiger partial charge in [-0.2, -0.15) is 5.10 Å². The number of nitrogens with one attached hydrogen (secondary N) is 2. The van der Waals surface area contributed by atoms with E-state index in [2.05, 4.69) is 25.7 Å². The van der Waals surface area contributed by atoms with Gasteiger partial charge in [-0.1, -0.05) is 12.1 Å². The van der Waals surface area contributed by atoms with Crippen LogP contribution in [0, 0.1) is 0 Å². The van der Waals surface area contributed by atoms with Crippen molar-refractivity contribution >= 4 is 18.1 Å². The fourth-order valence-corrected chi connectivity index (χ4v) is 1.24. The van der Waals surface area contributed by atoms with E-state index in [0.717, 1.165) is 6.20 Å². The van der Waals surface area contributed by atoms with E-state index in [1.165, 1.54) is 18.3 Å². The molecule has 0 bridgehead atoms. The highest BCUT2D eigenvalue weighted by atomic mass is 16.4. The minimum absolute atomic E-state index is 0.117. The average Bonchev–Trinajstić information content (AvgIpc) is 2.39. The number of carboxylic acid groups (broad SMARTS) is 1. The Labute approximate surface area is 106 Å². The first kappa shape index (κ1) is 12.4. The van der Waals surface area contributed by atoms with Gasteiger partial charge in [0.2, 0.25) is 5.95 Å². The van der Waals surface area contributed by atoms with E-state index in [1.807, 2.05) is 0 Å². The van der Waals surface area contributed by atoms with Gasteiger partial charge in [0.25, 0.3) is 5.56 Å². The Balaban J connectivity index is 2.03. The summed E-state index contributed by atoms with van der Waals surface area (Å²) in [5.41, 5.74) is 3.00. The first-order chi connectivity index (χ1) is 9.15. The van der Waals surface area contributed by atoms with Crippen LogP contribution in [0.2, 0.25) is 0 Å². The lowest BCUT2D eigenvalue weighted by Gasteiger charge is -1.97. The topological polar surface area (TPSA) is 120 Å². The maximum absolute atomic E-state index is 10.9. The van der Waals surface area contributed by atoms with Crippen molar-refractivity contribution in [3.63, 3.8) is 0 Å². The van der Waals surface area contributed by atoms with Crippen molar-refractivity contribution in [3.8, 4) is 0 Å². The highest BCUT2D eigenvalue weighted by Gasteiger charge is 2.00. The van der Waals surface area contributed by atoms with Crippen LogP contribution in [0.1, 0.15) is 15.9 Å². The van der Waals surface area contributed by atoms with Gasteiger partial charge in [-0.3, -0.25) is 9.78 Å². The molecule has 3 N–H and O–H groups in total. The van der Waals surface area contributed by atoms with Crippen molar-refractivity contribution in [2.24, 2.45) is 5.10 Å². The third kappa shape index (κ3) is 3.46. The third-order valence-electron chi connectivity index (χ3n) is 2.12. The third-order valence-corrected chi connectivity index (χ3v) is 2.12. The standard InChI is InChI=1S/C11H9N5O3/c17-9-6-13-16-11(14-9)15-12-5-7-1-3-8(4-2-7)10(18)19/h1-6H,(H,18,19)(H2,14,15,16,17)/b12-5+. The SMILES string of the molecule is O=C(O)c1ccc(/C=N/Nc2nncc(=O)[nH]2)cc1. The zero-order valence-corrected chi connectivity index (χ0v) is 9.57. The van der Waals surface area contributed by atoms with E-state index >= 15 is 0 Å². The number of aromatic amines is 1. The maximum atomic E-state index is 10.9. The molecular weight excluding hydrogens is 250 g/mol. The number of hydrogen-bond acceptors (Lipinski definition) is 6. The summed E-state index contributed by atoms with van der Waals surface area (Å²) in [6, 6.07) is 6.14. The molecule has 0 atom stereocenters. The molecule has 0 aliphatic rings. The summed E-state index contributed by atoms with van der Waals surface area (Å²) < 4.78 is 0. The number of H-pyrrole nitrogens is 1. The molecule has 0 radical (unpaired) electrons. The largest absolute Gasteiger partial charge is 0.478 e. The molecule has 19 heavy (non-hydrogen) atoms. The van der Waals surface area contributed by atoms with Gasteiger partial charge in [0.1, 0.15) is 6.20 Å². The molecule has 1 aromatic heterocycles. The molecule has 0 unspecified atom stereocenters. The predicted molar refractivity (Wildman–Crippen MR) is 67.3 cm³/mol. The lowest BCUT2D eigenvalue weighted by molar-refractivity contribution is 0.0697. The van der Waals surface area contributed by atoms with Crippen LogP contribution < -0.4 is 11.0 Å². The monoisotopic (exact) mass is 259 g/mol. The quantitative estimate of drug-likeness (QED) is 0.536. The summed E-state index contributed by atoms with van der Waals surface area (Å²) in [5, 5.41) is 19.6. The minimum Gasteiger partial charge on any atom is -0.478 e. The van der Waals surface area contributed by atoms with Crippen molar-refractivity contribution in [3.05, 3.63) is 51.9 Å². The van der Waals surface area contributed by atoms with Crippen LogP contribution in [0.4, 0.5) is 5.95 Å². The Bertz CT molecular complexity index is 663. The lowest BCUT2D eigenvalue weighted by atomic mass is 10.1. The Kier molecular flexibility index (Phi) is 3.62. The minimum atomic E-state index is -0.987. The first-order valence-electron chi connectivity index (χ1n) is 5.19. The second kappa shape index (κ2) is 5.54. The normalized spacial score (nSPS) is 10.5. The van der Waals surface area contributed by atoms with Gasteiger partial charge in [-0.05, 0) is 17.7 Å². The van der Waals surface area contributed by atoms with Gasteiger partial charge in [0.15, 0.2) is 0 Å². The average molecular weight is 259 g/mol. The van der Waals surface area contributed by atoms with Gasteiger partial charge in [0, 0.05) is 0 Å². The Hall–Kier alpha value is -3.03. The fraction of sp³-hybridized carbons (Fsp3) is 0. The number of carbonyl (C=O) groups is 1. The fourth-order valence-electron chi connectivity index (χ4n) is 1.24. The molecule has 0 fully saturated rings. The molecule has 1 heterocycles. The molecule has 96 valence electrons. The molecule has 0 amide bonds. The van der Waals surface area contributed by atoms with Crippen LogP contribution in [0.25, 0.3) is 0 Å². The number of carboxylic acids is 1. The molecule has 0 aliphatic heterocycles. The maximum Gasteiger partial charge on any atom is 0.335 e. The van der Waals surface area contributed by atoms with Crippen LogP contribution in [0.5, 0.6) is 0 Å². The zero-order chi connectivity index (χ0) is 13.7. The van der Waals surface area contributed by atoms with Gasteiger partial charge in [-0.25, -0.2) is 10.2 Å². The van der Waals surface area contributed by atoms with Crippen LogP contribution in [0.3, 0.4) is 0 Å². The molecule has 8 heteroatoms. The summed E-state index contributed by atoms with van der Waals surface area (Å²) in [7, 11) is 0. The van der Waals surface area contributed by atoms with Crippen LogP contribution in [0.15, 0.2) is 40.4 Å². The molecule has 8 nitrogen and oxygen atoms in total. The summed E-state index contributed by atoms with van der Waals surface area (Å²) in [4.78, 5) is 24.0. The van der Waals surface area contributed by atoms with E-state index in [1.54, 1.807) is 12.1 Å². The number of nitrogens with zero attached hydrogens (tertiary/aromatic N) is 3. The molecule has 1 aromatic carbocycles. The van der Waals surface area contributed by atoms with Gasteiger partial charge in [0.05, 0.1) is 11.8 Å². The van der Waals surface area contributed by atoms with Crippen LogP contribution in [-0.4, -0.2) is 32.5 Å². The Morgan fingerprint density at radius 3 is 2.74 bits per heavy atom. The number of aromatic carboxylic acids is 1. The molecule has 0 spiro atoms. The number of benzene rings is 1. The molecule has 0 saturated heterocycles. The van der Waals surface area contributed by atoms with Crippen molar-refractivity contribution in [2.75, 3.05) is 5.43 Å². The highest BCUT2D eigenvalue weighted by molar-refractivity contribution is 5.89. The Morgan fingerprint density at radius 1 is 1.37 bits per heavy atom. The number of aromatic nitrogens is 3. The smallest absolute Gasteiger partial charge is 0.335 e. The van der Waals surface area contributed by atoms with Crippen LogP contribution >= 0.6 is 0 Å². The molecule has 0 aliphatic carbocycles. The number of hydrogen-bond donors (Lipinski definition) is 3. The summed E-state index contributed by atoms with van der Waals surface area (Å²) in [5.74, 6) is -0.871. The first-order valence-corrected chi connectivity index (χ1v) is 5.19. The second-order valence-corrected chi connectivity index (χ2v) is 3.48. The molecule has 0 saturated carbocycles. The van der Waals surface area contributed by atoms with Crippen molar-refractivity contribution in [1.82, 2.24) is 15.2 Å². The van der Waals surface area contributed by atoms with E-state index in [4.69, 9.17) is 5.11 Å². The summed E-state index contributed by atoms with van der Waals surface area (Å²) >= 11 is 0. The van der Waals surface area contributed by atoms with Gasteiger partial charge in [-0.15, -0.1) is 10.2 Å². The van der Waals surface area contributed by atoms with Crippen molar-refractivity contribution in [2.45, 2.75) is 0 Å². The summed E-state index contributed by atoms with van der Waals surface area (Å²) in [6.07, 6.45) is 2.50. The number of anilines is 1. The van der Waals surface area contributed by atoms with Gasteiger partial charge < -0.3 is 5.11 Å². The number of rotatable bonds is 4. The highest BCUT2D eigenvalue weighted by Crippen LogP contribution is 2.02.